The molecule has 0 aliphatic carbocycles. The fraction of sp³-hybridized carbons (Fsp3) is 0.350. The number of aryl methyl sites for hydroxylation is 2. The predicted octanol–water partition coefficient (Wildman–Crippen LogP) is 2.27. The van der Waals surface area contributed by atoms with Crippen molar-refractivity contribution in [2.75, 3.05) is 11.5 Å². The average molecular weight is 381 g/mol. The van der Waals surface area contributed by atoms with E-state index in [4.69, 9.17) is 4.74 Å². The number of ether oxygens (including phenoxy) is 1. The third-order valence-electron chi connectivity index (χ3n) is 4.49. The first-order valence-electron chi connectivity index (χ1n) is 9.07. The lowest BCUT2D eigenvalue weighted by atomic mass is 10.1. The van der Waals surface area contributed by atoms with E-state index >= 15 is 0 Å². The maximum atomic E-state index is 12.6. The van der Waals surface area contributed by atoms with Crippen LogP contribution in [0, 0.1) is 13.8 Å². The molecule has 0 saturated carbocycles. The lowest BCUT2D eigenvalue weighted by Gasteiger charge is -2.26. The summed E-state index contributed by atoms with van der Waals surface area (Å²) in [5.74, 6) is -0.275. The van der Waals surface area contributed by atoms with Crippen molar-refractivity contribution in [3.63, 3.8) is 0 Å². The molecule has 0 radical (unpaired) electrons. The van der Waals surface area contributed by atoms with Crippen molar-refractivity contribution in [1.82, 2.24) is 19.6 Å². The normalized spacial score (nSPS) is 11.0. The summed E-state index contributed by atoms with van der Waals surface area (Å²) in [6, 6.07) is 9.26. The molecule has 3 rings (SSSR count). The quantitative estimate of drug-likeness (QED) is 0.609. The number of hydrogen-bond acceptors (Lipinski definition) is 6. The molecule has 1 aromatic carbocycles. The minimum Gasteiger partial charge on any atom is -0.455 e. The van der Waals surface area contributed by atoms with Crippen LogP contribution >= 0.6 is 0 Å². The summed E-state index contributed by atoms with van der Waals surface area (Å²) in [7, 11) is 0. The summed E-state index contributed by atoms with van der Waals surface area (Å²) < 4.78 is 6.84. The SMILES string of the molecule is Cc1nc2ncnn2c(C)c1CC(=O)OCC(=O)N(c1ccccc1)C(C)C. The Morgan fingerprint density at radius 1 is 1.18 bits per heavy atom. The van der Waals surface area contributed by atoms with Crippen LogP contribution in [0.4, 0.5) is 5.69 Å². The van der Waals surface area contributed by atoms with Crippen LogP contribution in [-0.2, 0) is 20.7 Å². The Bertz CT molecular complexity index is 998. The van der Waals surface area contributed by atoms with Crippen molar-refractivity contribution in [2.45, 2.75) is 40.2 Å². The van der Waals surface area contributed by atoms with Crippen LogP contribution in [0.2, 0.25) is 0 Å². The van der Waals surface area contributed by atoms with Crippen molar-refractivity contribution < 1.29 is 14.3 Å². The second-order valence-corrected chi connectivity index (χ2v) is 6.76. The van der Waals surface area contributed by atoms with Gasteiger partial charge in [0.25, 0.3) is 11.7 Å². The number of benzene rings is 1. The first-order valence-corrected chi connectivity index (χ1v) is 9.07. The molecule has 2 aromatic heterocycles. The van der Waals surface area contributed by atoms with Gasteiger partial charge in [-0.3, -0.25) is 9.59 Å². The van der Waals surface area contributed by atoms with Crippen molar-refractivity contribution in [3.8, 4) is 0 Å². The van der Waals surface area contributed by atoms with Crippen molar-refractivity contribution >= 4 is 23.3 Å². The highest BCUT2D eigenvalue weighted by Gasteiger charge is 2.21. The number of rotatable bonds is 6. The van der Waals surface area contributed by atoms with Crippen molar-refractivity contribution in [2.24, 2.45) is 0 Å². The van der Waals surface area contributed by atoms with E-state index in [-0.39, 0.29) is 25.0 Å². The van der Waals surface area contributed by atoms with Crippen molar-refractivity contribution in [3.05, 3.63) is 53.6 Å². The fourth-order valence-electron chi connectivity index (χ4n) is 3.14. The van der Waals surface area contributed by atoms with Crippen LogP contribution in [0.3, 0.4) is 0 Å². The molecule has 3 aromatic rings. The highest BCUT2D eigenvalue weighted by Crippen LogP contribution is 2.17. The molecule has 0 N–H and O–H groups in total. The number of anilines is 1. The van der Waals surface area contributed by atoms with E-state index < -0.39 is 5.97 Å². The maximum Gasteiger partial charge on any atom is 0.310 e. The van der Waals surface area contributed by atoms with E-state index in [9.17, 15) is 9.59 Å². The van der Waals surface area contributed by atoms with Crippen molar-refractivity contribution in [1.29, 1.82) is 0 Å². The zero-order valence-electron chi connectivity index (χ0n) is 16.4. The Morgan fingerprint density at radius 3 is 2.57 bits per heavy atom. The molecular formula is C20H23N5O3. The average Bonchev–Trinajstić information content (AvgIpc) is 3.12. The summed E-state index contributed by atoms with van der Waals surface area (Å²) in [5, 5.41) is 4.11. The predicted molar refractivity (Wildman–Crippen MR) is 104 cm³/mol. The summed E-state index contributed by atoms with van der Waals surface area (Å²) in [6.45, 7) is 7.17. The molecule has 0 aliphatic rings. The Balaban J connectivity index is 1.68. The zero-order chi connectivity index (χ0) is 20.3. The smallest absolute Gasteiger partial charge is 0.310 e. The minimum atomic E-state index is -0.488. The number of esters is 1. The topological polar surface area (TPSA) is 89.7 Å². The summed E-state index contributed by atoms with van der Waals surface area (Å²) in [5.41, 5.74) is 2.95. The van der Waals surface area contributed by atoms with Gasteiger partial charge in [-0.25, -0.2) is 9.50 Å². The molecule has 8 nitrogen and oxygen atoms in total. The van der Waals surface area contributed by atoms with Crippen LogP contribution in [0.5, 0.6) is 0 Å². The van der Waals surface area contributed by atoms with Gasteiger partial charge < -0.3 is 9.64 Å². The van der Waals surface area contributed by atoms with Crippen LogP contribution in [-0.4, -0.2) is 44.1 Å². The van der Waals surface area contributed by atoms with E-state index in [2.05, 4.69) is 15.1 Å². The number of carbonyl (C=O) groups excluding carboxylic acids is 2. The molecule has 0 atom stereocenters. The summed E-state index contributed by atoms with van der Waals surface area (Å²) in [4.78, 5) is 35.0. The highest BCUT2D eigenvalue weighted by atomic mass is 16.5. The van der Waals surface area contributed by atoms with Gasteiger partial charge in [0.2, 0.25) is 0 Å². The van der Waals surface area contributed by atoms with Gasteiger partial charge in [0.15, 0.2) is 6.61 Å². The standard InChI is InChI=1S/C20H23N5O3/c1-13(2)24(16-8-6-5-7-9-16)18(26)11-28-19(27)10-17-14(3)23-20-21-12-22-25(20)15(17)4/h5-9,12-13H,10-11H2,1-4H3. The lowest BCUT2D eigenvalue weighted by Crippen LogP contribution is -2.40. The summed E-state index contributed by atoms with van der Waals surface area (Å²) >= 11 is 0. The van der Waals surface area contributed by atoms with Crippen LogP contribution in [0.15, 0.2) is 36.7 Å². The monoisotopic (exact) mass is 381 g/mol. The van der Waals surface area contributed by atoms with E-state index in [1.54, 1.807) is 9.42 Å². The summed E-state index contributed by atoms with van der Waals surface area (Å²) in [6.07, 6.45) is 1.43. The molecule has 0 aliphatic heterocycles. The Hall–Kier alpha value is -3.29. The molecule has 1 amide bonds. The zero-order valence-corrected chi connectivity index (χ0v) is 16.4. The van der Waals surface area contributed by atoms with Gasteiger partial charge in [0, 0.05) is 28.7 Å². The molecule has 0 bridgehead atoms. The van der Waals surface area contributed by atoms with Gasteiger partial charge in [-0.1, -0.05) is 18.2 Å². The first-order chi connectivity index (χ1) is 13.4. The lowest BCUT2D eigenvalue weighted by molar-refractivity contribution is -0.147. The second kappa shape index (κ2) is 8.16. The third-order valence-corrected chi connectivity index (χ3v) is 4.49. The largest absolute Gasteiger partial charge is 0.455 e. The molecular weight excluding hydrogens is 358 g/mol. The Morgan fingerprint density at radius 2 is 1.89 bits per heavy atom. The third kappa shape index (κ3) is 4.00. The van der Waals surface area contributed by atoms with Crippen LogP contribution in [0.25, 0.3) is 5.78 Å². The van der Waals surface area contributed by atoms with Gasteiger partial charge in [0.05, 0.1) is 6.42 Å². The second-order valence-electron chi connectivity index (χ2n) is 6.76. The fourth-order valence-corrected chi connectivity index (χ4v) is 3.14. The van der Waals surface area contributed by atoms with Gasteiger partial charge >= 0.3 is 5.97 Å². The number of fused-ring (bicyclic) bond motifs is 1. The van der Waals surface area contributed by atoms with E-state index in [1.807, 2.05) is 58.0 Å². The molecule has 8 heteroatoms. The van der Waals surface area contributed by atoms with Crippen LogP contribution < -0.4 is 4.90 Å². The molecule has 28 heavy (non-hydrogen) atoms. The molecule has 2 heterocycles. The van der Waals surface area contributed by atoms with Gasteiger partial charge in [-0.05, 0) is 39.8 Å². The molecule has 0 unspecified atom stereocenters. The maximum absolute atomic E-state index is 12.6. The minimum absolute atomic E-state index is 0.0146. The molecule has 146 valence electrons. The van der Waals surface area contributed by atoms with Crippen LogP contribution in [0.1, 0.15) is 30.8 Å². The number of carbonyl (C=O) groups is 2. The highest BCUT2D eigenvalue weighted by molar-refractivity contribution is 5.95. The van der Waals surface area contributed by atoms with E-state index in [1.165, 1.54) is 6.33 Å². The Kier molecular flexibility index (Phi) is 5.67. The van der Waals surface area contributed by atoms with Gasteiger partial charge in [0.1, 0.15) is 6.33 Å². The number of aromatic nitrogens is 4. The first kappa shape index (κ1) is 19.5. The van der Waals surface area contributed by atoms with E-state index in [0.29, 0.717) is 11.5 Å². The number of hydrogen-bond donors (Lipinski definition) is 0. The number of nitrogens with zero attached hydrogens (tertiary/aromatic N) is 5. The Labute approximate surface area is 163 Å². The molecule has 0 spiro atoms. The van der Waals surface area contributed by atoms with E-state index in [0.717, 1.165) is 16.9 Å². The van der Waals surface area contributed by atoms with Gasteiger partial charge in [-0.15, -0.1) is 0 Å². The van der Waals surface area contributed by atoms with Gasteiger partial charge in [-0.2, -0.15) is 10.1 Å². The number of para-hydroxylation sites is 1. The molecule has 0 fully saturated rings. The molecule has 0 saturated heterocycles. The number of amides is 1.